The number of amides is 2. The van der Waals surface area contributed by atoms with E-state index in [0.29, 0.717) is 22.5 Å². The molecule has 1 atom stereocenters. The second-order valence-electron chi connectivity index (χ2n) is 7.06. The van der Waals surface area contributed by atoms with Crippen molar-refractivity contribution in [2.24, 2.45) is 0 Å². The highest BCUT2D eigenvalue weighted by atomic mass is 16.5. The van der Waals surface area contributed by atoms with Gasteiger partial charge < -0.3 is 15.0 Å². The molecule has 2 N–H and O–H groups in total. The number of nitrogens with zero attached hydrogens (tertiary/aromatic N) is 3. The first-order chi connectivity index (χ1) is 13.5. The van der Waals surface area contributed by atoms with Gasteiger partial charge in [-0.3, -0.25) is 14.7 Å². The molecule has 0 radical (unpaired) electrons. The van der Waals surface area contributed by atoms with Gasteiger partial charge in [0.2, 0.25) is 0 Å². The Morgan fingerprint density at radius 3 is 2.86 bits per heavy atom. The van der Waals surface area contributed by atoms with Gasteiger partial charge >= 0.3 is 0 Å². The summed E-state index contributed by atoms with van der Waals surface area (Å²) in [4.78, 5) is 31.7. The molecule has 0 saturated carbocycles. The van der Waals surface area contributed by atoms with Crippen LogP contribution in [0, 0.1) is 0 Å². The molecule has 1 aromatic carbocycles. The number of fused-ring (bicyclic) bond motifs is 2. The number of aromatic nitrogens is 3. The third-order valence-corrected chi connectivity index (χ3v) is 4.80. The van der Waals surface area contributed by atoms with Crippen LogP contribution in [-0.2, 0) is 4.79 Å². The number of pyridine rings is 1. The van der Waals surface area contributed by atoms with Gasteiger partial charge in [0.15, 0.2) is 5.69 Å². The molecule has 4 rings (SSSR count). The summed E-state index contributed by atoms with van der Waals surface area (Å²) in [5.41, 5.74) is 2.85. The Balaban J connectivity index is 1.60. The first-order valence-electron chi connectivity index (χ1n) is 9.11. The fourth-order valence-electron chi connectivity index (χ4n) is 3.18. The van der Waals surface area contributed by atoms with Gasteiger partial charge in [-0.05, 0) is 30.2 Å². The molecule has 28 heavy (non-hydrogen) atoms. The molecule has 3 heterocycles. The Labute approximate surface area is 161 Å². The van der Waals surface area contributed by atoms with E-state index in [1.54, 1.807) is 19.2 Å². The number of carbonyl (C=O) groups is 2. The summed E-state index contributed by atoms with van der Waals surface area (Å²) in [6, 6.07) is 10.2. The highest BCUT2D eigenvalue weighted by molar-refractivity contribution is 6.06. The highest BCUT2D eigenvalue weighted by Gasteiger charge is 2.31. The second kappa shape index (κ2) is 6.95. The summed E-state index contributed by atoms with van der Waals surface area (Å²) in [5, 5.41) is 9.66. The standard InChI is InChI=1S/C20H21N5O3/c1-11(2)12-8-9-13-17(21-12)18(24-23-13)19(26)22-14-10-28-16-7-5-4-6-15(16)25(3)20(14)27/h4-9,11,14H,10H2,1-3H3,(H,22,26)(H,23,24)/t14-/m0/s1. The van der Waals surface area contributed by atoms with Crippen LogP contribution in [0.25, 0.3) is 11.0 Å². The molecule has 0 aliphatic carbocycles. The number of ether oxygens (including phenoxy) is 1. The van der Waals surface area contributed by atoms with Gasteiger partial charge in [0.25, 0.3) is 11.8 Å². The van der Waals surface area contributed by atoms with E-state index in [9.17, 15) is 9.59 Å². The van der Waals surface area contributed by atoms with Gasteiger partial charge in [0.1, 0.15) is 23.9 Å². The van der Waals surface area contributed by atoms with Gasteiger partial charge in [-0.1, -0.05) is 26.0 Å². The Hall–Kier alpha value is -3.42. The number of carbonyl (C=O) groups excluding carboxylic acids is 2. The Kier molecular flexibility index (Phi) is 4.46. The molecule has 0 spiro atoms. The highest BCUT2D eigenvalue weighted by Crippen LogP contribution is 2.30. The molecule has 2 aromatic heterocycles. The van der Waals surface area contributed by atoms with Gasteiger partial charge in [-0.2, -0.15) is 5.10 Å². The average Bonchev–Trinajstić information content (AvgIpc) is 3.08. The molecule has 0 saturated heterocycles. The van der Waals surface area contributed by atoms with E-state index in [0.717, 1.165) is 5.69 Å². The number of aromatic amines is 1. The van der Waals surface area contributed by atoms with Crippen LogP contribution in [0.1, 0.15) is 35.9 Å². The lowest BCUT2D eigenvalue weighted by Gasteiger charge is -2.20. The van der Waals surface area contributed by atoms with E-state index in [2.05, 4.69) is 20.5 Å². The number of rotatable bonds is 3. The van der Waals surface area contributed by atoms with Crippen molar-refractivity contribution in [3.05, 3.63) is 47.8 Å². The molecule has 8 nitrogen and oxygen atoms in total. The summed E-state index contributed by atoms with van der Waals surface area (Å²) in [6.45, 7) is 4.10. The van der Waals surface area contributed by atoms with E-state index in [1.807, 2.05) is 38.1 Å². The van der Waals surface area contributed by atoms with Crippen LogP contribution in [0.2, 0.25) is 0 Å². The minimum absolute atomic E-state index is 0.0406. The number of nitrogens with one attached hydrogen (secondary N) is 2. The van der Waals surface area contributed by atoms with Crippen LogP contribution in [0.3, 0.4) is 0 Å². The third-order valence-electron chi connectivity index (χ3n) is 4.80. The van der Waals surface area contributed by atoms with Crippen LogP contribution in [0.15, 0.2) is 36.4 Å². The van der Waals surface area contributed by atoms with Crippen molar-refractivity contribution >= 4 is 28.5 Å². The molecule has 2 amide bonds. The zero-order valence-electron chi connectivity index (χ0n) is 15.9. The zero-order valence-corrected chi connectivity index (χ0v) is 15.9. The van der Waals surface area contributed by atoms with Crippen molar-refractivity contribution in [2.45, 2.75) is 25.8 Å². The predicted octanol–water partition coefficient (Wildman–Crippen LogP) is 2.24. The molecular formula is C20H21N5O3. The van der Waals surface area contributed by atoms with Gasteiger partial charge in [0.05, 0.1) is 11.2 Å². The van der Waals surface area contributed by atoms with E-state index >= 15 is 0 Å². The lowest BCUT2D eigenvalue weighted by molar-refractivity contribution is -0.120. The molecule has 1 aliphatic heterocycles. The number of H-pyrrole nitrogens is 1. The monoisotopic (exact) mass is 379 g/mol. The van der Waals surface area contributed by atoms with Gasteiger partial charge in [-0.25, -0.2) is 4.98 Å². The minimum Gasteiger partial charge on any atom is -0.489 e. The van der Waals surface area contributed by atoms with Gasteiger partial charge in [-0.15, -0.1) is 0 Å². The van der Waals surface area contributed by atoms with E-state index < -0.39 is 11.9 Å². The first kappa shape index (κ1) is 18.0. The predicted molar refractivity (Wildman–Crippen MR) is 105 cm³/mol. The van der Waals surface area contributed by atoms with Crippen LogP contribution in [-0.4, -0.2) is 46.7 Å². The molecule has 3 aromatic rings. The summed E-state index contributed by atoms with van der Waals surface area (Å²) in [6.07, 6.45) is 0. The Bertz CT molecular complexity index is 1060. The molecule has 1 aliphatic rings. The molecule has 0 bridgehead atoms. The average molecular weight is 379 g/mol. The van der Waals surface area contributed by atoms with Crippen molar-refractivity contribution in [3.63, 3.8) is 0 Å². The van der Waals surface area contributed by atoms with Crippen LogP contribution >= 0.6 is 0 Å². The number of likely N-dealkylation sites (N-methyl/N-ethyl adjacent to an activating group) is 1. The third kappa shape index (κ3) is 3.06. The number of para-hydroxylation sites is 2. The molecule has 0 unspecified atom stereocenters. The summed E-state index contributed by atoms with van der Waals surface area (Å²) in [5.74, 6) is 0.0951. The molecule has 0 fully saturated rings. The summed E-state index contributed by atoms with van der Waals surface area (Å²) in [7, 11) is 1.66. The van der Waals surface area contributed by atoms with Crippen LogP contribution in [0.4, 0.5) is 5.69 Å². The summed E-state index contributed by atoms with van der Waals surface area (Å²) >= 11 is 0. The number of hydrogen-bond acceptors (Lipinski definition) is 5. The fourth-order valence-corrected chi connectivity index (χ4v) is 3.18. The van der Waals surface area contributed by atoms with Crippen molar-refractivity contribution in [1.82, 2.24) is 20.5 Å². The zero-order chi connectivity index (χ0) is 19.8. The number of anilines is 1. The molecule has 144 valence electrons. The maximum atomic E-state index is 12.8. The maximum Gasteiger partial charge on any atom is 0.274 e. The van der Waals surface area contributed by atoms with Gasteiger partial charge in [0, 0.05) is 12.7 Å². The fraction of sp³-hybridized carbons (Fsp3) is 0.300. The van der Waals surface area contributed by atoms with Crippen LogP contribution in [0.5, 0.6) is 5.75 Å². The number of benzene rings is 1. The SMILES string of the molecule is CC(C)c1ccc2[nH]nc(C(=O)N[C@H]3COc4ccccc4N(C)C3=O)c2n1. The maximum absolute atomic E-state index is 12.8. The lowest BCUT2D eigenvalue weighted by atomic mass is 10.1. The minimum atomic E-state index is -0.829. The van der Waals surface area contributed by atoms with E-state index in [-0.39, 0.29) is 24.1 Å². The molecule has 8 heteroatoms. The summed E-state index contributed by atoms with van der Waals surface area (Å²) < 4.78 is 5.74. The first-order valence-corrected chi connectivity index (χ1v) is 9.11. The van der Waals surface area contributed by atoms with E-state index in [1.165, 1.54) is 4.90 Å². The van der Waals surface area contributed by atoms with Crippen molar-refractivity contribution < 1.29 is 14.3 Å². The Morgan fingerprint density at radius 1 is 1.29 bits per heavy atom. The van der Waals surface area contributed by atoms with Crippen LogP contribution < -0.4 is 15.0 Å². The molecular weight excluding hydrogens is 358 g/mol. The quantitative estimate of drug-likeness (QED) is 0.727. The van der Waals surface area contributed by atoms with Crippen molar-refractivity contribution in [2.75, 3.05) is 18.6 Å². The lowest BCUT2D eigenvalue weighted by Crippen LogP contribution is -2.49. The van der Waals surface area contributed by atoms with E-state index in [4.69, 9.17) is 4.74 Å². The van der Waals surface area contributed by atoms with Crippen molar-refractivity contribution in [3.8, 4) is 5.75 Å². The normalized spacial score (nSPS) is 16.6. The Morgan fingerprint density at radius 2 is 2.07 bits per heavy atom. The topological polar surface area (TPSA) is 100 Å². The second-order valence-corrected chi connectivity index (χ2v) is 7.06. The van der Waals surface area contributed by atoms with Crippen molar-refractivity contribution in [1.29, 1.82) is 0 Å². The largest absolute Gasteiger partial charge is 0.489 e. The smallest absolute Gasteiger partial charge is 0.274 e. The number of hydrogen-bond donors (Lipinski definition) is 2.